The summed E-state index contributed by atoms with van der Waals surface area (Å²) in [6.07, 6.45) is 1.97. The monoisotopic (exact) mass is 346 g/mol. The van der Waals surface area contributed by atoms with Crippen LogP contribution in [0, 0.1) is 0 Å². The van der Waals surface area contributed by atoms with E-state index in [9.17, 15) is 9.59 Å². The van der Waals surface area contributed by atoms with Gasteiger partial charge in [0.15, 0.2) is 0 Å². The van der Waals surface area contributed by atoms with E-state index in [2.05, 4.69) is 15.9 Å². The Balaban J connectivity index is 1.58. The van der Waals surface area contributed by atoms with Gasteiger partial charge in [0.2, 0.25) is 0 Å². The summed E-state index contributed by atoms with van der Waals surface area (Å²) in [4.78, 5) is 29.3. The summed E-state index contributed by atoms with van der Waals surface area (Å²) in [7, 11) is 1.70. The fourth-order valence-corrected chi connectivity index (χ4v) is 3.81. The molecule has 2 amide bonds. The summed E-state index contributed by atoms with van der Waals surface area (Å²) < 4.78 is 5.46. The maximum atomic E-state index is 11.8. The molecular formula is C18H26N4O3. The molecule has 3 rings (SSSR count). The Morgan fingerprint density at radius 3 is 2.52 bits per heavy atom. The summed E-state index contributed by atoms with van der Waals surface area (Å²) in [5.41, 5.74) is 6.26. The molecule has 0 spiro atoms. The molecule has 7 heteroatoms. The highest BCUT2D eigenvalue weighted by Crippen LogP contribution is 2.29. The summed E-state index contributed by atoms with van der Waals surface area (Å²) in [6, 6.07) is 8.37. The average molecular weight is 346 g/mol. The number of nitrogens with two attached hydrogens (primary N) is 1. The number of para-hydroxylation sites is 2. The van der Waals surface area contributed by atoms with E-state index in [0.29, 0.717) is 19.1 Å². The molecule has 2 aliphatic rings. The Morgan fingerprint density at radius 2 is 1.84 bits per heavy atom. The van der Waals surface area contributed by atoms with Crippen molar-refractivity contribution in [3.8, 4) is 5.75 Å². The van der Waals surface area contributed by atoms with Crippen molar-refractivity contribution in [3.05, 3.63) is 24.3 Å². The predicted octanol–water partition coefficient (Wildman–Crippen LogP) is 0.294. The minimum Gasteiger partial charge on any atom is -0.495 e. The first-order valence-corrected chi connectivity index (χ1v) is 8.81. The lowest BCUT2D eigenvalue weighted by molar-refractivity contribution is -0.145. The van der Waals surface area contributed by atoms with Crippen molar-refractivity contribution in [2.24, 2.45) is 5.73 Å². The van der Waals surface area contributed by atoms with Crippen LogP contribution in [0.4, 0.5) is 5.69 Å². The quantitative estimate of drug-likeness (QED) is 0.796. The topological polar surface area (TPSA) is 79.1 Å². The van der Waals surface area contributed by atoms with Crippen molar-refractivity contribution in [2.45, 2.75) is 18.9 Å². The molecule has 0 bridgehead atoms. The van der Waals surface area contributed by atoms with Gasteiger partial charge in [0.05, 0.1) is 12.8 Å². The van der Waals surface area contributed by atoms with E-state index in [4.69, 9.17) is 10.5 Å². The molecule has 0 aliphatic carbocycles. The summed E-state index contributed by atoms with van der Waals surface area (Å²) in [5, 5.41) is 0. The molecule has 2 saturated heterocycles. The highest BCUT2D eigenvalue weighted by molar-refractivity contribution is 6.34. The largest absolute Gasteiger partial charge is 0.495 e. The molecule has 136 valence electrons. The van der Waals surface area contributed by atoms with Gasteiger partial charge in [0.25, 0.3) is 0 Å². The van der Waals surface area contributed by atoms with Gasteiger partial charge in [-0.1, -0.05) is 12.1 Å². The van der Waals surface area contributed by atoms with Crippen LogP contribution in [0.2, 0.25) is 0 Å². The van der Waals surface area contributed by atoms with Crippen LogP contribution in [0.3, 0.4) is 0 Å². The highest BCUT2D eigenvalue weighted by Gasteiger charge is 2.31. The Morgan fingerprint density at radius 1 is 1.12 bits per heavy atom. The number of amides is 2. The minimum atomic E-state index is -0.860. The van der Waals surface area contributed by atoms with Crippen molar-refractivity contribution in [1.82, 2.24) is 9.80 Å². The molecule has 1 aromatic rings. The van der Waals surface area contributed by atoms with Gasteiger partial charge in [-0.05, 0) is 25.0 Å². The summed E-state index contributed by atoms with van der Waals surface area (Å²) >= 11 is 0. The molecular weight excluding hydrogens is 320 g/mol. The third kappa shape index (κ3) is 3.87. The van der Waals surface area contributed by atoms with Gasteiger partial charge in [0.1, 0.15) is 5.75 Å². The number of nitrogens with zero attached hydrogens (tertiary/aromatic N) is 3. The summed E-state index contributed by atoms with van der Waals surface area (Å²) in [6.45, 7) is 4.92. The fourth-order valence-electron chi connectivity index (χ4n) is 3.81. The average Bonchev–Trinajstić information content (AvgIpc) is 2.67. The third-order valence-electron chi connectivity index (χ3n) is 5.15. The van der Waals surface area contributed by atoms with Crippen LogP contribution in [-0.4, -0.2) is 74.0 Å². The zero-order chi connectivity index (χ0) is 17.8. The van der Waals surface area contributed by atoms with Crippen molar-refractivity contribution < 1.29 is 14.3 Å². The van der Waals surface area contributed by atoms with E-state index in [1.54, 1.807) is 12.0 Å². The zero-order valence-corrected chi connectivity index (χ0v) is 14.7. The van der Waals surface area contributed by atoms with Crippen LogP contribution in [0.5, 0.6) is 5.75 Å². The van der Waals surface area contributed by atoms with Crippen LogP contribution < -0.4 is 15.4 Å². The minimum absolute atomic E-state index is 0.303. The first-order valence-electron chi connectivity index (χ1n) is 8.81. The molecule has 2 N–H and O–H groups in total. The molecule has 0 aromatic heterocycles. The highest BCUT2D eigenvalue weighted by atomic mass is 16.5. The van der Waals surface area contributed by atoms with Gasteiger partial charge in [-0.3, -0.25) is 14.5 Å². The van der Waals surface area contributed by atoms with Gasteiger partial charge < -0.3 is 20.3 Å². The van der Waals surface area contributed by atoms with Gasteiger partial charge in [-0.25, -0.2) is 0 Å². The van der Waals surface area contributed by atoms with E-state index in [1.165, 1.54) is 0 Å². The van der Waals surface area contributed by atoms with Crippen molar-refractivity contribution in [2.75, 3.05) is 51.3 Å². The van der Waals surface area contributed by atoms with Crippen molar-refractivity contribution >= 4 is 17.5 Å². The van der Waals surface area contributed by atoms with Gasteiger partial charge >= 0.3 is 11.8 Å². The zero-order valence-electron chi connectivity index (χ0n) is 14.7. The van der Waals surface area contributed by atoms with E-state index in [0.717, 1.165) is 50.5 Å². The maximum Gasteiger partial charge on any atom is 0.311 e. The van der Waals surface area contributed by atoms with E-state index >= 15 is 0 Å². The molecule has 7 nitrogen and oxygen atoms in total. The molecule has 1 atom stereocenters. The third-order valence-corrected chi connectivity index (χ3v) is 5.15. The molecule has 1 aromatic carbocycles. The van der Waals surface area contributed by atoms with E-state index < -0.39 is 11.8 Å². The first kappa shape index (κ1) is 17.5. The van der Waals surface area contributed by atoms with Gasteiger partial charge in [0, 0.05) is 45.3 Å². The van der Waals surface area contributed by atoms with E-state index in [-0.39, 0.29) is 0 Å². The van der Waals surface area contributed by atoms with Crippen LogP contribution in [-0.2, 0) is 9.59 Å². The molecule has 2 fully saturated rings. The molecule has 25 heavy (non-hydrogen) atoms. The number of rotatable bonds is 3. The number of piperazine rings is 1. The number of benzene rings is 1. The number of carbonyl (C=O) groups excluding carboxylic acids is 2. The second kappa shape index (κ2) is 7.74. The van der Waals surface area contributed by atoms with Crippen LogP contribution in [0.25, 0.3) is 0 Å². The van der Waals surface area contributed by atoms with Crippen molar-refractivity contribution in [1.29, 1.82) is 0 Å². The van der Waals surface area contributed by atoms with E-state index in [1.807, 2.05) is 18.2 Å². The van der Waals surface area contributed by atoms with Gasteiger partial charge in [-0.15, -0.1) is 0 Å². The number of likely N-dealkylation sites (tertiary alicyclic amines) is 1. The normalized spacial score (nSPS) is 21.9. The number of ether oxygens (including phenoxy) is 1. The molecule has 0 unspecified atom stereocenters. The number of hydrogen-bond donors (Lipinski definition) is 1. The number of piperidine rings is 1. The molecule has 0 radical (unpaired) electrons. The number of primary amides is 1. The lowest BCUT2D eigenvalue weighted by atomic mass is 10.0. The number of hydrogen-bond acceptors (Lipinski definition) is 5. The molecule has 2 aliphatic heterocycles. The van der Waals surface area contributed by atoms with Crippen LogP contribution in [0.1, 0.15) is 12.8 Å². The predicted molar refractivity (Wildman–Crippen MR) is 95.6 cm³/mol. The Hall–Kier alpha value is -2.28. The lowest BCUT2D eigenvalue weighted by Gasteiger charge is -2.43. The maximum absolute atomic E-state index is 11.8. The smallest absolute Gasteiger partial charge is 0.311 e. The second-order valence-electron chi connectivity index (χ2n) is 6.61. The first-order chi connectivity index (χ1) is 12.1. The number of anilines is 1. The van der Waals surface area contributed by atoms with Crippen molar-refractivity contribution in [3.63, 3.8) is 0 Å². The number of methoxy groups -OCH3 is 1. The fraction of sp³-hybridized carbons (Fsp3) is 0.556. The second-order valence-corrected chi connectivity index (χ2v) is 6.61. The summed E-state index contributed by atoms with van der Waals surface area (Å²) in [5.74, 6) is -0.522. The molecule has 0 saturated carbocycles. The Bertz CT molecular complexity index is 629. The standard InChI is InChI=1S/C18H26N4O3/c1-25-16-7-3-2-6-15(16)21-11-9-20(10-12-21)14-5-4-8-22(13-14)18(24)17(19)23/h2-3,6-7,14H,4-5,8-13H2,1H3,(H2,19,23)/t14-/m0/s1. The SMILES string of the molecule is COc1ccccc1N1CCN([C@H]2CCCN(C(=O)C(N)=O)C2)CC1. The molecule has 2 heterocycles. The number of carbonyl (C=O) groups is 2. The van der Waals surface area contributed by atoms with Crippen LogP contribution >= 0.6 is 0 Å². The van der Waals surface area contributed by atoms with Crippen LogP contribution in [0.15, 0.2) is 24.3 Å². The van der Waals surface area contributed by atoms with Gasteiger partial charge in [-0.2, -0.15) is 0 Å². The Kier molecular flexibility index (Phi) is 5.43. The Labute approximate surface area is 148 Å². The lowest BCUT2D eigenvalue weighted by Crippen LogP contribution is -2.57.